The SMILES string of the molecule is CC(c1ccccc1)N1CCN(S(=O)(=O)c2ccc3c(c2)CC(=O)N3C)CC1. The Bertz CT molecular complexity index is 983. The highest BCUT2D eigenvalue weighted by atomic mass is 32.2. The van der Waals surface area contributed by atoms with Gasteiger partial charge in [0.2, 0.25) is 15.9 Å². The lowest BCUT2D eigenvalue weighted by molar-refractivity contribution is -0.117. The van der Waals surface area contributed by atoms with Crippen LogP contribution in [0.25, 0.3) is 0 Å². The zero-order chi connectivity index (χ0) is 19.9. The molecule has 0 radical (unpaired) electrons. The quantitative estimate of drug-likeness (QED) is 0.791. The van der Waals surface area contributed by atoms with Crippen LogP contribution in [0.5, 0.6) is 0 Å². The zero-order valence-corrected chi connectivity index (χ0v) is 17.0. The molecule has 148 valence electrons. The fraction of sp³-hybridized carbons (Fsp3) is 0.381. The highest BCUT2D eigenvalue weighted by Gasteiger charge is 2.32. The third-order valence-electron chi connectivity index (χ3n) is 5.87. The van der Waals surface area contributed by atoms with E-state index in [1.165, 1.54) is 5.56 Å². The van der Waals surface area contributed by atoms with E-state index in [2.05, 4.69) is 24.0 Å². The van der Waals surface area contributed by atoms with Crippen LogP contribution < -0.4 is 4.90 Å². The van der Waals surface area contributed by atoms with Gasteiger partial charge < -0.3 is 4.90 Å². The first-order chi connectivity index (χ1) is 13.4. The fourth-order valence-corrected chi connectivity index (χ4v) is 5.50. The molecule has 2 heterocycles. The predicted molar refractivity (Wildman–Crippen MR) is 109 cm³/mol. The van der Waals surface area contributed by atoms with Gasteiger partial charge in [-0.1, -0.05) is 30.3 Å². The third-order valence-corrected chi connectivity index (χ3v) is 7.76. The second kappa shape index (κ2) is 7.31. The van der Waals surface area contributed by atoms with E-state index in [0.717, 1.165) is 11.3 Å². The number of anilines is 1. The van der Waals surface area contributed by atoms with Gasteiger partial charge in [-0.2, -0.15) is 4.31 Å². The number of rotatable bonds is 4. The molecule has 1 atom stereocenters. The van der Waals surface area contributed by atoms with Crippen LogP contribution >= 0.6 is 0 Å². The summed E-state index contributed by atoms with van der Waals surface area (Å²) in [6.45, 7) is 4.49. The van der Waals surface area contributed by atoms with E-state index in [-0.39, 0.29) is 23.3 Å². The van der Waals surface area contributed by atoms with Gasteiger partial charge in [-0.25, -0.2) is 8.42 Å². The molecule has 0 saturated carbocycles. The van der Waals surface area contributed by atoms with Crippen LogP contribution in [0.4, 0.5) is 5.69 Å². The molecule has 1 amide bonds. The molecule has 4 rings (SSSR count). The zero-order valence-electron chi connectivity index (χ0n) is 16.2. The Morgan fingerprint density at radius 2 is 1.64 bits per heavy atom. The molecule has 1 saturated heterocycles. The van der Waals surface area contributed by atoms with E-state index in [1.807, 2.05) is 18.2 Å². The third kappa shape index (κ3) is 3.34. The topological polar surface area (TPSA) is 60.9 Å². The van der Waals surface area contributed by atoms with Gasteiger partial charge in [-0.15, -0.1) is 0 Å². The summed E-state index contributed by atoms with van der Waals surface area (Å²) >= 11 is 0. The maximum absolute atomic E-state index is 13.1. The Morgan fingerprint density at radius 1 is 0.964 bits per heavy atom. The number of carbonyl (C=O) groups is 1. The summed E-state index contributed by atoms with van der Waals surface area (Å²) in [4.78, 5) is 16.0. The first kappa shape index (κ1) is 19.1. The second-order valence-corrected chi connectivity index (χ2v) is 9.38. The van der Waals surface area contributed by atoms with Gasteiger partial charge in [0.25, 0.3) is 0 Å². The van der Waals surface area contributed by atoms with Gasteiger partial charge in [0.1, 0.15) is 0 Å². The van der Waals surface area contributed by atoms with Crippen molar-refractivity contribution in [3.8, 4) is 0 Å². The Labute approximate surface area is 166 Å². The van der Waals surface area contributed by atoms with E-state index in [4.69, 9.17) is 0 Å². The molecule has 1 unspecified atom stereocenters. The van der Waals surface area contributed by atoms with E-state index < -0.39 is 10.0 Å². The smallest absolute Gasteiger partial charge is 0.243 e. The van der Waals surface area contributed by atoms with E-state index in [0.29, 0.717) is 26.2 Å². The number of amides is 1. The van der Waals surface area contributed by atoms with Crippen molar-refractivity contribution in [2.24, 2.45) is 0 Å². The van der Waals surface area contributed by atoms with Crippen LogP contribution in [0.2, 0.25) is 0 Å². The van der Waals surface area contributed by atoms with Crippen molar-refractivity contribution in [2.45, 2.75) is 24.3 Å². The number of benzene rings is 2. The van der Waals surface area contributed by atoms with E-state index in [9.17, 15) is 13.2 Å². The summed E-state index contributed by atoms with van der Waals surface area (Å²) in [5.41, 5.74) is 2.82. The van der Waals surface area contributed by atoms with Gasteiger partial charge in [0.05, 0.1) is 11.3 Å². The number of likely N-dealkylation sites (N-methyl/N-ethyl adjacent to an activating group) is 1. The van der Waals surface area contributed by atoms with Crippen molar-refractivity contribution in [1.82, 2.24) is 9.21 Å². The number of piperazine rings is 1. The van der Waals surface area contributed by atoms with Crippen LogP contribution in [0.15, 0.2) is 53.4 Å². The van der Waals surface area contributed by atoms with Crippen molar-refractivity contribution in [3.05, 3.63) is 59.7 Å². The van der Waals surface area contributed by atoms with Crippen LogP contribution in [-0.2, 0) is 21.2 Å². The number of fused-ring (bicyclic) bond motifs is 1. The van der Waals surface area contributed by atoms with Crippen LogP contribution in [0.3, 0.4) is 0 Å². The summed E-state index contributed by atoms with van der Waals surface area (Å²) in [7, 11) is -1.84. The monoisotopic (exact) mass is 399 g/mol. The van der Waals surface area contributed by atoms with Gasteiger partial charge in [-0.3, -0.25) is 9.69 Å². The van der Waals surface area contributed by atoms with Crippen molar-refractivity contribution in [1.29, 1.82) is 0 Å². The van der Waals surface area contributed by atoms with E-state index in [1.54, 1.807) is 34.5 Å². The number of nitrogens with zero attached hydrogens (tertiary/aromatic N) is 3. The summed E-state index contributed by atoms with van der Waals surface area (Å²) in [6, 6.07) is 15.5. The molecule has 2 aromatic rings. The molecular formula is C21H25N3O3S. The summed E-state index contributed by atoms with van der Waals surface area (Å²) in [5, 5.41) is 0. The summed E-state index contributed by atoms with van der Waals surface area (Å²) in [6.07, 6.45) is 0.261. The second-order valence-electron chi connectivity index (χ2n) is 7.45. The Balaban J connectivity index is 1.47. The molecule has 0 N–H and O–H groups in total. The molecule has 2 aromatic carbocycles. The predicted octanol–water partition coefficient (Wildman–Crippen LogP) is 2.27. The van der Waals surface area contributed by atoms with Crippen molar-refractivity contribution in [3.63, 3.8) is 0 Å². The molecule has 6 nitrogen and oxygen atoms in total. The molecule has 2 aliphatic rings. The van der Waals surface area contributed by atoms with Gasteiger partial charge in [0, 0.05) is 45.0 Å². The average Bonchev–Trinajstić information content (AvgIpc) is 3.01. The Hall–Kier alpha value is -2.22. The van der Waals surface area contributed by atoms with Crippen molar-refractivity contribution >= 4 is 21.6 Å². The molecule has 1 fully saturated rings. The maximum Gasteiger partial charge on any atom is 0.243 e. The maximum atomic E-state index is 13.1. The van der Waals surface area contributed by atoms with Crippen LogP contribution in [0.1, 0.15) is 24.1 Å². The first-order valence-corrected chi connectivity index (χ1v) is 11.0. The van der Waals surface area contributed by atoms with E-state index >= 15 is 0 Å². The molecule has 28 heavy (non-hydrogen) atoms. The lowest BCUT2D eigenvalue weighted by Gasteiger charge is -2.37. The molecule has 0 aliphatic carbocycles. The highest BCUT2D eigenvalue weighted by molar-refractivity contribution is 7.89. The number of hydrogen-bond donors (Lipinski definition) is 0. The standard InChI is InChI=1S/C21H25N3O3S/c1-16(17-6-4-3-5-7-17)23-10-12-24(13-11-23)28(26,27)19-8-9-20-18(14-19)15-21(25)22(20)2/h3-9,14,16H,10-13,15H2,1-2H3. The minimum absolute atomic E-state index is 0.00642. The first-order valence-electron chi connectivity index (χ1n) is 9.56. The normalized spacial score (nSPS) is 19.6. The van der Waals surface area contributed by atoms with Gasteiger partial charge >= 0.3 is 0 Å². The largest absolute Gasteiger partial charge is 0.315 e. The van der Waals surface area contributed by atoms with Crippen molar-refractivity contribution < 1.29 is 13.2 Å². The number of carbonyl (C=O) groups excluding carboxylic acids is 1. The molecule has 0 bridgehead atoms. The minimum atomic E-state index is -3.56. The lowest BCUT2D eigenvalue weighted by Crippen LogP contribution is -2.49. The van der Waals surface area contributed by atoms with Gasteiger partial charge in [-0.05, 0) is 36.2 Å². The van der Waals surface area contributed by atoms with Crippen LogP contribution in [-0.4, -0.2) is 56.8 Å². The molecule has 0 spiro atoms. The highest BCUT2D eigenvalue weighted by Crippen LogP contribution is 2.31. The number of sulfonamides is 1. The van der Waals surface area contributed by atoms with Gasteiger partial charge in [0.15, 0.2) is 0 Å². The molecule has 2 aliphatic heterocycles. The molecule has 0 aromatic heterocycles. The van der Waals surface area contributed by atoms with Crippen LogP contribution in [0, 0.1) is 0 Å². The average molecular weight is 400 g/mol. The molecular weight excluding hydrogens is 374 g/mol. The Morgan fingerprint density at radius 3 is 2.32 bits per heavy atom. The molecule has 7 heteroatoms. The number of hydrogen-bond acceptors (Lipinski definition) is 4. The Kier molecular flexibility index (Phi) is 4.99. The fourth-order valence-electron chi connectivity index (χ4n) is 4.03. The summed E-state index contributed by atoms with van der Waals surface area (Å²) in [5.74, 6) is -0.00642. The minimum Gasteiger partial charge on any atom is -0.315 e. The van der Waals surface area contributed by atoms with Crippen molar-refractivity contribution in [2.75, 3.05) is 38.1 Å². The summed E-state index contributed by atoms with van der Waals surface area (Å²) < 4.78 is 27.8. The lowest BCUT2D eigenvalue weighted by atomic mass is 10.1.